The van der Waals surface area contributed by atoms with Crippen molar-refractivity contribution >= 4 is 17.3 Å². The lowest BCUT2D eigenvalue weighted by Gasteiger charge is -2.20. The topological polar surface area (TPSA) is 29.5 Å². The van der Waals surface area contributed by atoms with Gasteiger partial charge in [0.25, 0.3) is 0 Å². The minimum Gasteiger partial charge on any atom is -0.464 e. The molecule has 1 aliphatic heterocycles. The van der Waals surface area contributed by atoms with Gasteiger partial charge in [0, 0.05) is 17.8 Å². The average molecular weight is 225 g/mol. The Hall–Kier alpha value is -0.870. The molecule has 2 heterocycles. The second kappa shape index (κ2) is 4.33. The van der Waals surface area contributed by atoms with Gasteiger partial charge in [0.1, 0.15) is 6.04 Å². The monoisotopic (exact) mass is 225 g/mol. The first-order valence-corrected chi connectivity index (χ1v) is 5.96. The third kappa shape index (κ3) is 2.21. The lowest BCUT2D eigenvalue weighted by molar-refractivity contribution is -0.142. The number of esters is 1. The van der Waals surface area contributed by atoms with E-state index in [-0.39, 0.29) is 12.0 Å². The largest absolute Gasteiger partial charge is 0.464 e. The number of aryl methyl sites for hydroxylation is 1. The van der Waals surface area contributed by atoms with Crippen LogP contribution in [-0.4, -0.2) is 30.6 Å². The summed E-state index contributed by atoms with van der Waals surface area (Å²) in [6.07, 6.45) is 0.819. The highest BCUT2D eigenvalue weighted by Gasteiger charge is 2.30. The van der Waals surface area contributed by atoms with E-state index < -0.39 is 0 Å². The number of nitrogens with zero attached hydrogens (tertiary/aromatic N) is 1. The summed E-state index contributed by atoms with van der Waals surface area (Å²) in [5.74, 6) is -0.0771. The quantitative estimate of drug-likeness (QED) is 0.735. The minimum atomic E-state index is -0.0771. The molecule has 1 unspecified atom stereocenters. The van der Waals surface area contributed by atoms with Gasteiger partial charge in [0.15, 0.2) is 0 Å². The van der Waals surface area contributed by atoms with Crippen molar-refractivity contribution in [1.82, 2.24) is 4.90 Å². The molecule has 0 N–H and O–H groups in total. The van der Waals surface area contributed by atoms with Crippen molar-refractivity contribution in [2.45, 2.75) is 25.9 Å². The summed E-state index contributed by atoms with van der Waals surface area (Å²) in [5.41, 5.74) is 1.30. The third-order valence-corrected chi connectivity index (χ3v) is 3.81. The minimum absolute atomic E-state index is 0.0495. The molecule has 0 amide bonds. The summed E-state index contributed by atoms with van der Waals surface area (Å²) in [4.78, 5) is 14.8. The van der Waals surface area contributed by atoms with Crippen LogP contribution in [0.2, 0.25) is 0 Å². The first-order valence-electron chi connectivity index (χ1n) is 5.08. The van der Waals surface area contributed by atoms with Crippen molar-refractivity contribution in [3.05, 3.63) is 21.9 Å². The van der Waals surface area contributed by atoms with Gasteiger partial charge in [-0.2, -0.15) is 0 Å². The van der Waals surface area contributed by atoms with Gasteiger partial charge in [-0.25, -0.2) is 0 Å². The molecule has 1 saturated heterocycles. The molecule has 1 aromatic rings. The Morgan fingerprint density at radius 1 is 1.67 bits per heavy atom. The Morgan fingerprint density at radius 3 is 3.00 bits per heavy atom. The van der Waals surface area contributed by atoms with Crippen molar-refractivity contribution in [2.24, 2.45) is 0 Å². The molecule has 0 spiro atoms. The molecule has 1 aromatic heterocycles. The predicted octanol–water partition coefficient (Wildman–Crippen LogP) is 1.80. The number of thiophene rings is 1. The second-order valence-electron chi connectivity index (χ2n) is 3.91. The number of carbonyl (C=O) groups excluding carboxylic acids is 1. The van der Waals surface area contributed by atoms with E-state index in [1.807, 2.05) is 7.05 Å². The molecule has 1 atom stereocenters. The lowest BCUT2D eigenvalue weighted by Crippen LogP contribution is -2.34. The fraction of sp³-hybridized carbons (Fsp3) is 0.545. The van der Waals surface area contributed by atoms with E-state index in [1.165, 1.54) is 10.4 Å². The molecular weight excluding hydrogens is 210 g/mol. The molecule has 82 valence electrons. The number of cyclic esters (lactones) is 1. The summed E-state index contributed by atoms with van der Waals surface area (Å²) in [5, 5.41) is 2.09. The van der Waals surface area contributed by atoms with Crippen molar-refractivity contribution in [2.75, 3.05) is 13.7 Å². The molecule has 0 saturated carbocycles. The van der Waals surface area contributed by atoms with Gasteiger partial charge in [-0.15, -0.1) is 11.3 Å². The van der Waals surface area contributed by atoms with Crippen molar-refractivity contribution in [3.63, 3.8) is 0 Å². The molecule has 3 nitrogen and oxygen atoms in total. The molecule has 0 aromatic carbocycles. The van der Waals surface area contributed by atoms with Gasteiger partial charge in [-0.1, -0.05) is 0 Å². The number of hydrogen-bond donors (Lipinski definition) is 0. The smallest absolute Gasteiger partial charge is 0.323 e. The van der Waals surface area contributed by atoms with Crippen LogP contribution in [0.4, 0.5) is 0 Å². The van der Waals surface area contributed by atoms with Gasteiger partial charge in [0.2, 0.25) is 0 Å². The van der Waals surface area contributed by atoms with E-state index >= 15 is 0 Å². The van der Waals surface area contributed by atoms with E-state index in [4.69, 9.17) is 4.74 Å². The van der Waals surface area contributed by atoms with Gasteiger partial charge in [-0.05, 0) is 31.0 Å². The zero-order chi connectivity index (χ0) is 10.8. The Bertz CT molecular complexity index is 361. The Labute approximate surface area is 93.7 Å². The number of carbonyl (C=O) groups is 1. The van der Waals surface area contributed by atoms with E-state index in [2.05, 4.69) is 23.3 Å². The van der Waals surface area contributed by atoms with Crippen molar-refractivity contribution in [3.8, 4) is 0 Å². The summed E-state index contributed by atoms with van der Waals surface area (Å²) >= 11 is 1.74. The highest BCUT2D eigenvalue weighted by molar-refractivity contribution is 7.10. The number of hydrogen-bond acceptors (Lipinski definition) is 4. The fourth-order valence-corrected chi connectivity index (χ4v) is 2.76. The SMILES string of the molecule is Cc1ccsc1CN(C)C1CCOC1=O. The zero-order valence-electron chi connectivity index (χ0n) is 9.03. The summed E-state index contributed by atoms with van der Waals surface area (Å²) in [6.45, 7) is 3.51. The van der Waals surface area contributed by atoms with Crippen LogP contribution < -0.4 is 0 Å². The van der Waals surface area contributed by atoms with Crippen LogP contribution in [0.1, 0.15) is 16.9 Å². The fourth-order valence-electron chi connectivity index (χ4n) is 1.79. The van der Waals surface area contributed by atoms with Crippen LogP contribution >= 0.6 is 11.3 Å². The van der Waals surface area contributed by atoms with Gasteiger partial charge >= 0.3 is 5.97 Å². The van der Waals surface area contributed by atoms with E-state index in [1.54, 1.807) is 11.3 Å². The highest BCUT2D eigenvalue weighted by atomic mass is 32.1. The molecule has 1 aliphatic rings. The average Bonchev–Trinajstić information content (AvgIpc) is 2.76. The van der Waals surface area contributed by atoms with Crippen molar-refractivity contribution in [1.29, 1.82) is 0 Å². The van der Waals surface area contributed by atoms with Crippen molar-refractivity contribution < 1.29 is 9.53 Å². The number of likely N-dealkylation sites (N-methyl/N-ethyl adjacent to an activating group) is 1. The maximum absolute atomic E-state index is 11.4. The van der Waals surface area contributed by atoms with Gasteiger partial charge in [0.05, 0.1) is 6.61 Å². The Morgan fingerprint density at radius 2 is 2.47 bits per heavy atom. The van der Waals surface area contributed by atoms with Crippen LogP contribution in [-0.2, 0) is 16.1 Å². The van der Waals surface area contributed by atoms with E-state index in [0.29, 0.717) is 6.61 Å². The molecule has 0 aliphatic carbocycles. The van der Waals surface area contributed by atoms with E-state index in [0.717, 1.165) is 13.0 Å². The molecule has 15 heavy (non-hydrogen) atoms. The molecule has 0 bridgehead atoms. The second-order valence-corrected chi connectivity index (χ2v) is 4.91. The molecule has 1 fully saturated rings. The van der Waals surface area contributed by atoms with Crippen LogP contribution in [0.3, 0.4) is 0 Å². The molecule has 2 rings (SSSR count). The highest BCUT2D eigenvalue weighted by Crippen LogP contribution is 2.20. The summed E-state index contributed by atoms with van der Waals surface area (Å²) in [6, 6.07) is 2.06. The zero-order valence-corrected chi connectivity index (χ0v) is 9.84. The standard InChI is InChI=1S/C11H15NO2S/c1-8-4-6-15-10(8)7-12(2)9-3-5-14-11(9)13/h4,6,9H,3,5,7H2,1-2H3. The normalized spacial score (nSPS) is 21.0. The molecular formula is C11H15NO2S. The van der Waals surface area contributed by atoms with Gasteiger partial charge < -0.3 is 4.74 Å². The molecule has 4 heteroatoms. The predicted molar refractivity (Wildman–Crippen MR) is 59.9 cm³/mol. The number of ether oxygens (including phenoxy) is 1. The number of rotatable bonds is 3. The maximum atomic E-state index is 11.4. The first kappa shape index (κ1) is 10.6. The summed E-state index contributed by atoms with van der Waals surface area (Å²) < 4.78 is 4.96. The Kier molecular flexibility index (Phi) is 3.07. The summed E-state index contributed by atoms with van der Waals surface area (Å²) in [7, 11) is 1.98. The third-order valence-electron chi connectivity index (χ3n) is 2.80. The first-order chi connectivity index (χ1) is 7.18. The van der Waals surface area contributed by atoms with E-state index in [9.17, 15) is 4.79 Å². The van der Waals surface area contributed by atoms with Crippen LogP contribution in [0.25, 0.3) is 0 Å². The van der Waals surface area contributed by atoms with Crippen LogP contribution in [0.15, 0.2) is 11.4 Å². The molecule has 0 radical (unpaired) electrons. The Balaban J connectivity index is 2.00. The lowest BCUT2D eigenvalue weighted by atomic mass is 10.2. The maximum Gasteiger partial charge on any atom is 0.323 e. The van der Waals surface area contributed by atoms with Crippen LogP contribution in [0.5, 0.6) is 0 Å². The van der Waals surface area contributed by atoms with Crippen LogP contribution in [0, 0.1) is 6.92 Å². The van der Waals surface area contributed by atoms with Gasteiger partial charge in [-0.3, -0.25) is 9.69 Å².